The third-order valence-corrected chi connectivity index (χ3v) is 36.3. The zero-order valence-corrected chi connectivity index (χ0v) is 77.9. The number of ketones is 1. The second kappa shape index (κ2) is 40.0. The predicted molar refractivity (Wildman–Crippen MR) is 505 cm³/mol. The van der Waals surface area contributed by atoms with Gasteiger partial charge in [-0.05, 0) is 209 Å². The van der Waals surface area contributed by atoms with E-state index in [4.69, 9.17) is 33.8 Å². The van der Waals surface area contributed by atoms with Gasteiger partial charge in [0.05, 0.1) is 39.9 Å². The molecular formula is C99H129B2N9O9Si2. The van der Waals surface area contributed by atoms with Crippen molar-refractivity contribution in [3.05, 3.63) is 267 Å². The van der Waals surface area contributed by atoms with E-state index in [1.807, 2.05) is 145 Å². The lowest BCUT2D eigenvalue weighted by atomic mass is 9.81. The van der Waals surface area contributed by atoms with Crippen LogP contribution in [0, 0.1) is 5.41 Å². The van der Waals surface area contributed by atoms with Crippen LogP contribution in [0.1, 0.15) is 183 Å². The van der Waals surface area contributed by atoms with Crippen LogP contribution >= 0.6 is 0 Å². The fraction of sp³-hybridized carbons (Fsp3) is 0.364. The predicted octanol–water partition coefficient (Wildman–Crippen LogP) is 24.1. The Morgan fingerprint density at radius 2 is 0.876 bits per heavy atom. The number of hydrogen-bond donors (Lipinski definition) is 5. The Hall–Kier alpha value is -10.6. The van der Waals surface area contributed by atoms with Gasteiger partial charge in [0.1, 0.15) is 16.7 Å². The molecule has 9 heterocycles. The average Bonchev–Trinajstić information content (AvgIpc) is 1.58. The normalized spacial score (nSPS) is 13.3. The van der Waals surface area contributed by atoms with Crippen molar-refractivity contribution < 1.29 is 43.2 Å². The van der Waals surface area contributed by atoms with Crippen molar-refractivity contribution in [1.29, 1.82) is 0 Å². The van der Waals surface area contributed by atoms with E-state index in [9.17, 15) is 14.4 Å². The first-order valence-electron chi connectivity index (χ1n) is 42.4. The molecule has 1 aliphatic rings. The Balaban J connectivity index is 0.000000169. The van der Waals surface area contributed by atoms with Crippen LogP contribution < -0.4 is 11.1 Å². The molecule has 0 radical (unpaired) electrons. The van der Waals surface area contributed by atoms with Gasteiger partial charge < -0.3 is 52.2 Å². The van der Waals surface area contributed by atoms with Gasteiger partial charge in [0.25, 0.3) is 0 Å². The second-order valence-electron chi connectivity index (χ2n) is 36.9. The lowest BCUT2D eigenvalue weighted by Gasteiger charge is -2.45. The highest BCUT2D eigenvalue weighted by molar-refractivity contribution is 6.83. The maximum Gasteiger partial charge on any atom is 0.506 e. The Labute approximate surface area is 721 Å². The van der Waals surface area contributed by atoms with Gasteiger partial charge in [0, 0.05) is 64.7 Å². The summed E-state index contributed by atoms with van der Waals surface area (Å²) < 4.78 is 31.2. The van der Waals surface area contributed by atoms with Crippen LogP contribution in [-0.2, 0) is 18.8 Å². The molecule has 121 heavy (non-hydrogen) atoms. The number of rotatable bonds is 17. The average molecular weight is 1670 g/mol. The summed E-state index contributed by atoms with van der Waals surface area (Å²) in [4.78, 5) is 54.9. The molecule has 0 atom stereocenters. The number of carbonyl (C=O) groups is 3. The van der Waals surface area contributed by atoms with Gasteiger partial charge in [-0.2, -0.15) is 0 Å². The van der Waals surface area contributed by atoms with Crippen LogP contribution in [0.5, 0.6) is 0 Å². The number of ether oxygens (including phenoxy) is 2. The number of nitrogens with zero attached hydrogens (tertiary/aromatic N) is 6. The number of hydrogen-bond acceptors (Lipinski definition) is 11. The van der Waals surface area contributed by atoms with Crippen molar-refractivity contribution in [2.24, 2.45) is 5.41 Å². The summed E-state index contributed by atoms with van der Waals surface area (Å²) in [6.45, 7) is 54.0. The van der Waals surface area contributed by atoms with Crippen LogP contribution in [0.3, 0.4) is 0 Å². The fourth-order valence-electron chi connectivity index (χ4n) is 16.8. The second-order valence-corrected chi connectivity index (χ2v) is 48.4. The van der Waals surface area contributed by atoms with Gasteiger partial charge in [0.15, 0.2) is 27.9 Å². The fourth-order valence-corrected chi connectivity index (χ4v) is 30.1. The molecule has 1 aliphatic heterocycles. The summed E-state index contributed by atoms with van der Waals surface area (Å²) >= 11 is 0. The number of Topliss-reactive ketones (excluding diaryl/α,β-unsaturated/α-hetero) is 1. The Morgan fingerprint density at radius 1 is 0.455 bits per heavy atom. The minimum Gasteiger partial charge on any atom is -0.443 e. The Bertz CT molecular complexity index is 5350. The number of H-pyrrole nitrogens is 3. The molecule has 0 aliphatic carbocycles. The smallest absolute Gasteiger partial charge is 0.443 e. The van der Waals surface area contributed by atoms with E-state index in [1.54, 1.807) is 45.4 Å². The Kier molecular flexibility index (Phi) is 31.1. The van der Waals surface area contributed by atoms with Gasteiger partial charge in [-0.3, -0.25) is 13.9 Å². The van der Waals surface area contributed by atoms with E-state index in [0.717, 1.165) is 43.8 Å². The summed E-state index contributed by atoms with van der Waals surface area (Å²) in [5.41, 5.74) is 18.1. The first kappa shape index (κ1) is 94.3. The number of benzene rings is 5. The summed E-state index contributed by atoms with van der Waals surface area (Å²) in [7, 11) is -5.61. The van der Waals surface area contributed by atoms with E-state index in [2.05, 4.69) is 261 Å². The van der Waals surface area contributed by atoms with Crippen molar-refractivity contribution in [1.82, 2.24) is 42.5 Å². The molecule has 8 aromatic heterocycles. The molecule has 638 valence electrons. The highest BCUT2D eigenvalue weighted by Crippen LogP contribution is 2.47. The van der Waals surface area contributed by atoms with Gasteiger partial charge >= 0.3 is 26.4 Å². The van der Waals surface area contributed by atoms with Crippen LogP contribution in [0.2, 0.25) is 33.2 Å². The van der Waals surface area contributed by atoms with E-state index < -0.39 is 46.3 Å². The van der Waals surface area contributed by atoms with Crippen molar-refractivity contribution in [2.45, 2.75) is 229 Å². The molecule has 1 saturated heterocycles. The standard InChI is InChI=1S/C25H40BNO2Si.C21H20N4O.C19H29NSi.C15H17NO2.C10H9N.C9H14BNO4/c1-18(2)30(19(3)4,20(5)6)27-17-22(16-23(27)21-14-12-11-13-15-21)26-28-24(7,8)25(9,10)29-26;1-21(2,3)19(26)15-11-23-20-18(15)25-17(12-24-20)14-9-16(22-10-14)13-7-5-4-6-8-13;1-15(2)21(16(3)4,17(5)6)20-14-10-13-19(20)18-11-8-7-9-12-18;1-15(2,3)18-14(17)16-11-7-10-13(16)12-8-5-4-6-9-12;1-2-5-9(6-3-1)10-7-4-8-11-10;1-9(2,3)15-8(12)11-6-4-5-7(11)10(13)14/h11-20H,1-10H3;4-12,22H,1-3H3,(H,23,24);7-17H,1-6H3;4-11H,1-3H3;1-8,11H;4-6,13-14H,1-3H3. The monoisotopic (exact) mass is 1670 g/mol. The molecule has 5 N–H and O–H groups in total. The maximum absolute atomic E-state index is 12.7. The number of aromatic nitrogens is 9. The third-order valence-electron chi connectivity index (χ3n) is 22.7. The SMILES string of the molecule is CC(C)(C)C(=O)c1c[nH]c2ncc(-c3c[nH]c(-c4ccccc4)c3)nc12.CC(C)(C)OC(=O)n1cccc1-c1ccccc1.CC(C)(C)OC(=O)n1cccc1B(O)O.CC(C)[Si](C(C)C)(C(C)C)n1cc(B2OC(C)(C)C(C)(C)O2)cc1-c1ccccc1.CC(C)[Si](C(C)C)(C(C)C)n1cccc1-c1ccccc1.c1ccc(-c2ccc[nH]2)cc1. The summed E-state index contributed by atoms with van der Waals surface area (Å²) in [5, 5.41) is 17.9. The number of fused-ring (bicyclic) bond motifs is 1. The molecule has 14 rings (SSSR count). The molecule has 0 amide bonds. The van der Waals surface area contributed by atoms with Gasteiger partial charge in [-0.1, -0.05) is 256 Å². The minimum absolute atomic E-state index is 0.0502. The van der Waals surface area contributed by atoms with Crippen LogP contribution in [-0.4, -0.2) is 124 Å². The molecule has 0 unspecified atom stereocenters. The van der Waals surface area contributed by atoms with Crippen LogP contribution in [0.15, 0.2) is 262 Å². The van der Waals surface area contributed by atoms with Crippen molar-refractivity contribution in [3.8, 4) is 67.5 Å². The highest BCUT2D eigenvalue weighted by atomic mass is 28.3. The molecule has 5 aromatic carbocycles. The molecule has 22 heteroatoms. The molecule has 0 saturated carbocycles. The summed E-state index contributed by atoms with van der Waals surface area (Å²) in [6, 6.07) is 71.4. The quantitative estimate of drug-likeness (QED) is 0.0426. The van der Waals surface area contributed by atoms with Gasteiger partial charge in [-0.15, -0.1) is 0 Å². The van der Waals surface area contributed by atoms with E-state index in [-0.39, 0.29) is 35.8 Å². The zero-order chi connectivity index (χ0) is 88.7. The largest absolute Gasteiger partial charge is 0.506 e. The van der Waals surface area contributed by atoms with Crippen LogP contribution in [0.4, 0.5) is 9.59 Å². The number of carbonyl (C=O) groups excluding carboxylic acids is 3. The molecule has 0 spiro atoms. The highest BCUT2D eigenvalue weighted by Gasteiger charge is 2.54. The molecule has 1 fully saturated rings. The van der Waals surface area contributed by atoms with E-state index in [0.29, 0.717) is 50.0 Å². The number of aromatic amines is 3. The topological polar surface area (TPSA) is 221 Å². The maximum atomic E-state index is 12.7. The number of nitrogens with one attached hydrogen (secondary N) is 3. The zero-order valence-electron chi connectivity index (χ0n) is 75.9. The molecule has 18 nitrogen and oxygen atoms in total. The van der Waals surface area contributed by atoms with Gasteiger partial charge in [-0.25, -0.2) is 19.6 Å². The lowest BCUT2D eigenvalue weighted by molar-refractivity contribution is 0.00578. The van der Waals surface area contributed by atoms with Crippen LogP contribution in [0.25, 0.3) is 78.7 Å². The summed E-state index contributed by atoms with van der Waals surface area (Å²) in [6.07, 6.45) is 14.1. The first-order valence-corrected chi connectivity index (χ1v) is 46.7. The molecule has 0 bridgehead atoms. The van der Waals surface area contributed by atoms with Crippen molar-refractivity contribution in [2.75, 3.05) is 0 Å². The van der Waals surface area contributed by atoms with E-state index in [1.165, 1.54) is 50.6 Å². The third kappa shape index (κ3) is 22.6. The first-order chi connectivity index (χ1) is 56.9. The lowest BCUT2D eigenvalue weighted by Crippen LogP contribution is -2.52. The van der Waals surface area contributed by atoms with Crippen molar-refractivity contribution >= 4 is 70.9 Å². The summed E-state index contributed by atoms with van der Waals surface area (Å²) in [5.74, 6) is 0.0502. The Morgan fingerprint density at radius 3 is 1.33 bits per heavy atom. The molecule has 13 aromatic rings. The molecular weight excluding hydrogens is 1540 g/mol. The van der Waals surface area contributed by atoms with Gasteiger partial charge in [0.2, 0.25) is 0 Å². The minimum atomic E-state index is -1.93. The van der Waals surface area contributed by atoms with E-state index >= 15 is 0 Å². The van der Waals surface area contributed by atoms with Crippen molar-refractivity contribution in [3.63, 3.8) is 0 Å².